The van der Waals surface area contributed by atoms with Crippen molar-refractivity contribution in [2.45, 2.75) is 18.9 Å². The molecule has 2 aliphatic heterocycles. The van der Waals surface area contributed by atoms with Crippen molar-refractivity contribution >= 4 is 21.4 Å². The molecule has 0 radical (unpaired) electrons. The van der Waals surface area contributed by atoms with E-state index in [-0.39, 0.29) is 31.0 Å². The van der Waals surface area contributed by atoms with Gasteiger partial charge in [0.1, 0.15) is 22.9 Å². The normalized spacial score (nSPS) is 17.8. The SMILES string of the molecule is C=CS(=O)(=O)N1CC(C(=O)N2CCC(n3cc(-c4cc(OC)c5c(C#N)cnn5c4)cn3)CC2)C1. The van der Waals surface area contributed by atoms with Crippen molar-refractivity contribution < 1.29 is 17.9 Å². The van der Waals surface area contributed by atoms with Crippen LogP contribution in [0.5, 0.6) is 5.75 Å². The van der Waals surface area contributed by atoms with Crippen LogP contribution < -0.4 is 4.74 Å². The molecule has 0 N–H and O–H groups in total. The molecule has 12 heteroatoms. The van der Waals surface area contributed by atoms with Crippen LogP contribution in [0.3, 0.4) is 0 Å². The molecule has 0 saturated carbocycles. The van der Waals surface area contributed by atoms with Crippen LogP contribution in [0, 0.1) is 17.2 Å². The van der Waals surface area contributed by atoms with E-state index in [0.29, 0.717) is 29.9 Å². The number of piperidine rings is 1. The minimum atomic E-state index is -3.45. The van der Waals surface area contributed by atoms with Gasteiger partial charge in [-0.2, -0.15) is 19.8 Å². The van der Waals surface area contributed by atoms with Crippen LogP contribution >= 0.6 is 0 Å². The first-order valence-electron chi connectivity index (χ1n) is 11.3. The highest BCUT2D eigenvalue weighted by atomic mass is 32.2. The highest BCUT2D eigenvalue weighted by molar-refractivity contribution is 7.92. The summed E-state index contributed by atoms with van der Waals surface area (Å²) in [5.74, 6) is 0.286. The number of rotatable bonds is 6. The van der Waals surface area contributed by atoms with E-state index in [1.165, 1.54) is 10.5 Å². The number of pyridine rings is 1. The number of methoxy groups -OCH3 is 1. The van der Waals surface area contributed by atoms with Gasteiger partial charge in [0.25, 0.3) is 0 Å². The number of fused-ring (bicyclic) bond motifs is 1. The number of ether oxygens (including phenoxy) is 1. The van der Waals surface area contributed by atoms with Gasteiger partial charge < -0.3 is 9.64 Å². The molecule has 35 heavy (non-hydrogen) atoms. The Morgan fingerprint density at radius 1 is 1.20 bits per heavy atom. The van der Waals surface area contributed by atoms with E-state index in [0.717, 1.165) is 29.4 Å². The van der Waals surface area contributed by atoms with Crippen molar-refractivity contribution in [1.29, 1.82) is 5.26 Å². The van der Waals surface area contributed by atoms with Gasteiger partial charge in [-0.25, -0.2) is 12.9 Å². The summed E-state index contributed by atoms with van der Waals surface area (Å²) < 4.78 is 33.9. The second kappa shape index (κ2) is 8.83. The fraction of sp³-hybridized carbons (Fsp3) is 0.391. The lowest BCUT2D eigenvalue weighted by molar-refractivity contribution is -0.140. The van der Waals surface area contributed by atoms with E-state index < -0.39 is 10.0 Å². The van der Waals surface area contributed by atoms with Gasteiger partial charge in [-0.05, 0) is 18.9 Å². The largest absolute Gasteiger partial charge is 0.494 e. The molecule has 2 aliphatic rings. The maximum atomic E-state index is 12.8. The first-order chi connectivity index (χ1) is 16.8. The van der Waals surface area contributed by atoms with Crippen LogP contribution in [0.25, 0.3) is 16.6 Å². The third kappa shape index (κ3) is 4.06. The Morgan fingerprint density at radius 3 is 2.60 bits per heavy atom. The number of amides is 1. The number of carbonyl (C=O) groups excluding carboxylic acids is 1. The first-order valence-corrected chi connectivity index (χ1v) is 12.8. The molecule has 5 heterocycles. The molecule has 0 aliphatic carbocycles. The molecule has 0 aromatic carbocycles. The summed E-state index contributed by atoms with van der Waals surface area (Å²) >= 11 is 0. The monoisotopic (exact) mass is 495 g/mol. The van der Waals surface area contributed by atoms with E-state index in [1.54, 1.807) is 17.8 Å². The molecule has 0 unspecified atom stereocenters. The van der Waals surface area contributed by atoms with E-state index in [9.17, 15) is 18.5 Å². The lowest BCUT2D eigenvalue weighted by Crippen LogP contribution is -2.56. The fourth-order valence-electron chi connectivity index (χ4n) is 4.68. The Bertz CT molecular complexity index is 1440. The summed E-state index contributed by atoms with van der Waals surface area (Å²) in [6.07, 6.45) is 8.65. The Hall–Kier alpha value is -3.69. The Labute approximate surface area is 202 Å². The van der Waals surface area contributed by atoms with Gasteiger partial charge in [-0.1, -0.05) is 6.58 Å². The number of likely N-dealkylation sites (tertiary alicyclic amines) is 1. The average molecular weight is 496 g/mol. The van der Waals surface area contributed by atoms with Crippen molar-refractivity contribution in [2.75, 3.05) is 33.3 Å². The molecule has 5 rings (SSSR count). The van der Waals surface area contributed by atoms with Crippen molar-refractivity contribution in [3.05, 3.63) is 48.4 Å². The molecule has 0 spiro atoms. The average Bonchev–Trinajstić information content (AvgIpc) is 3.50. The zero-order chi connectivity index (χ0) is 24.7. The summed E-state index contributed by atoms with van der Waals surface area (Å²) in [6, 6.07) is 4.16. The van der Waals surface area contributed by atoms with Crippen LogP contribution in [-0.2, 0) is 14.8 Å². The third-order valence-corrected chi connectivity index (χ3v) is 8.21. The second-order valence-corrected chi connectivity index (χ2v) is 10.6. The lowest BCUT2D eigenvalue weighted by Gasteiger charge is -2.40. The Balaban J connectivity index is 1.24. The zero-order valence-corrected chi connectivity index (χ0v) is 20.1. The van der Waals surface area contributed by atoms with E-state index in [1.807, 2.05) is 28.0 Å². The van der Waals surface area contributed by atoms with Crippen molar-refractivity contribution in [3.8, 4) is 22.9 Å². The molecular formula is C23H25N7O4S. The van der Waals surface area contributed by atoms with Gasteiger partial charge in [0, 0.05) is 55.1 Å². The van der Waals surface area contributed by atoms with Crippen LogP contribution in [0.4, 0.5) is 0 Å². The maximum Gasteiger partial charge on any atom is 0.235 e. The summed E-state index contributed by atoms with van der Waals surface area (Å²) in [5, 5.41) is 19.0. The topological polar surface area (TPSA) is 126 Å². The van der Waals surface area contributed by atoms with Crippen molar-refractivity contribution in [2.24, 2.45) is 5.92 Å². The van der Waals surface area contributed by atoms with Gasteiger partial charge in [-0.15, -0.1) is 0 Å². The fourth-order valence-corrected chi connectivity index (χ4v) is 5.67. The molecular weight excluding hydrogens is 470 g/mol. The summed E-state index contributed by atoms with van der Waals surface area (Å²) in [6.45, 7) is 4.97. The molecule has 3 aromatic heterocycles. The molecule has 0 atom stereocenters. The van der Waals surface area contributed by atoms with Gasteiger partial charge >= 0.3 is 0 Å². The van der Waals surface area contributed by atoms with E-state index in [4.69, 9.17) is 4.74 Å². The van der Waals surface area contributed by atoms with Gasteiger partial charge in [-0.3, -0.25) is 9.48 Å². The number of sulfonamides is 1. The second-order valence-electron chi connectivity index (χ2n) is 8.75. The minimum Gasteiger partial charge on any atom is -0.494 e. The van der Waals surface area contributed by atoms with E-state index in [2.05, 4.69) is 22.8 Å². The summed E-state index contributed by atoms with van der Waals surface area (Å²) in [4.78, 5) is 14.6. The Morgan fingerprint density at radius 2 is 1.94 bits per heavy atom. The number of nitriles is 1. The number of aromatic nitrogens is 4. The van der Waals surface area contributed by atoms with Crippen molar-refractivity contribution in [1.82, 2.24) is 28.6 Å². The highest BCUT2D eigenvalue weighted by Crippen LogP contribution is 2.31. The molecule has 2 fully saturated rings. The number of carbonyl (C=O) groups is 1. The first kappa shape index (κ1) is 23.1. The predicted molar refractivity (Wildman–Crippen MR) is 127 cm³/mol. The Kier molecular flexibility index (Phi) is 5.82. The van der Waals surface area contributed by atoms with E-state index >= 15 is 0 Å². The van der Waals surface area contributed by atoms with Gasteiger partial charge in [0.2, 0.25) is 15.9 Å². The maximum absolute atomic E-state index is 12.8. The number of nitrogens with zero attached hydrogens (tertiary/aromatic N) is 7. The minimum absolute atomic E-state index is 0.0106. The molecule has 1 amide bonds. The van der Waals surface area contributed by atoms with Gasteiger partial charge in [0.15, 0.2) is 0 Å². The molecule has 182 valence electrons. The predicted octanol–water partition coefficient (Wildman–Crippen LogP) is 1.65. The lowest BCUT2D eigenvalue weighted by atomic mass is 9.98. The van der Waals surface area contributed by atoms with Crippen molar-refractivity contribution in [3.63, 3.8) is 0 Å². The third-order valence-electron chi connectivity index (χ3n) is 6.77. The molecule has 3 aromatic rings. The smallest absolute Gasteiger partial charge is 0.235 e. The quantitative estimate of drug-likeness (QED) is 0.509. The van der Waals surface area contributed by atoms with Crippen LogP contribution in [-0.4, -0.2) is 76.2 Å². The van der Waals surface area contributed by atoms with Crippen LogP contribution in [0.1, 0.15) is 24.4 Å². The molecule has 0 bridgehead atoms. The number of hydrogen-bond donors (Lipinski definition) is 0. The molecule has 11 nitrogen and oxygen atoms in total. The number of hydrogen-bond acceptors (Lipinski definition) is 7. The highest BCUT2D eigenvalue weighted by Gasteiger charge is 2.41. The van der Waals surface area contributed by atoms with Crippen LogP contribution in [0.15, 0.2) is 42.8 Å². The summed E-state index contributed by atoms with van der Waals surface area (Å²) in [7, 11) is -1.89. The molecule has 2 saturated heterocycles. The van der Waals surface area contributed by atoms with Gasteiger partial charge in [0.05, 0.1) is 31.5 Å². The summed E-state index contributed by atoms with van der Waals surface area (Å²) in [5.41, 5.74) is 2.84. The van der Waals surface area contributed by atoms with Crippen LogP contribution in [0.2, 0.25) is 0 Å². The zero-order valence-electron chi connectivity index (χ0n) is 19.2. The standard InChI is InChI=1S/C23H25N7O4S/c1-3-35(32,33)28-12-19(13-28)23(31)27-6-4-20(5-7-27)29-15-18(11-25-29)16-8-21(34-2)22-17(9-24)10-26-30(22)14-16/h3,8,10-11,14-15,19-20H,1,4-7,12-13H2,2H3.